The van der Waals surface area contributed by atoms with Crippen LogP contribution in [-0.4, -0.2) is 25.6 Å². The lowest BCUT2D eigenvalue weighted by atomic mass is 10.1. The molecule has 0 saturated heterocycles. The van der Waals surface area contributed by atoms with Crippen molar-refractivity contribution in [1.82, 2.24) is 19.6 Å². The maximum atomic E-state index is 14.4. The lowest BCUT2D eigenvalue weighted by molar-refractivity contribution is 0.547. The molecule has 0 radical (unpaired) electrons. The number of anilines is 1. The molecule has 4 rings (SSSR count). The van der Waals surface area contributed by atoms with E-state index in [2.05, 4.69) is 20.4 Å². The average Bonchev–Trinajstić information content (AvgIpc) is 3.28. The molecule has 1 atom stereocenters. The number of aromatic nitrogens is 4. The van der Waals surface area contributed by atoms with Crippen LogP contribution in [0.15, 0.2) is 18.5 Å². The Morgan fingerprint density at radius 2 is 1.88 bits per heavy atom. The van der Waals surface area contributed by atoms with Gasteiger partial charge in [0, 0.05) is 18.2 Å². The van der Waals surface area contributed by atoms with Crippen molar-refractivity contribution in [2.75, 3.05) is 5.32 Å². The Morgan fingerprint density at radius 3 is 2.52 bits per heavy atom. The van der Waals surface area contributed by atoms with Gasteiger partial charge in [-0.15, -0.1) is 0 Å². The van der Waals surface area contributed by atoms with Gasteiger partial charge in [-0.1, -0.05) is 11.6 Å². The van der Waals surface area contributed by atoms with Crippen LogP contribution in [0.3, 0.4) is 0 Å². The molecule has 130 valence electrons. The molecule has 0 unspecified atom stereocenters. The van der Waals surface area contributed by atoms with E-state index in [1.807, 2.05) is 6.92 Å². The zero-order valence-corrected chi connectivity index (χ0v) is 13.9. The molecule has 0 spiro atoms. The summed E-state index contributed by atoms with van der Waals surface area (Å²) in [7, 11) is 0. The molecule has 2 heterocycles. The molecule has 1 aliphatic carbocycles. The minimum absolute atomic E-state index is 0.0119. The lowest BCUT2D eigenvalue weighted by Crippen LogP contribution is -2.21. The smallest absolute Gasteiger partial charge is 0.255 e. The number of hydrogen-bond acceptors (Lipinski definition) is 4. The Balaban J connectivity index is 1.97. The van der Waals surface area contributed by atoms with Crippen molar-refractivity contribution in [2.24, 2.45) is 5.92 Å². The third-order valence-electron chi connectivity index (χ3n) is 4.33. The van der Waals surface area contributed by atoms with E-state index in [0.717, 1.165) is 12.8 Å². The highest BCUT2D eigenvalue weighted by Crippen LogP contribution is 2.40. The average molecular weight is 368 g/mol. The zero-order valence-electron chi connectivity index (χ0n) is 13.1. The van der Waals surface area contributed by atoms with E-state index in [1.165, 1.54) is 10.8 Å². The summed E-state index contributed by atoms with van der Waals surface area (Å²) in [5.41, 5.74) is -0.469. The second-order valence-electron chi connectivity index (χ2n) is 6.11. The SMILES string of the molecule is C[C@@H](Nc1c(-c2c(F)cc(F)cc2F)c(Cl)nc2ncnn12)C1CC1. The number of rotatable bonds is 4. The first-order chi connectivity index (χ1) is 12.0. The number of benzene rings is 1. The monoisotopic (exact) mass is 367 g/mol. The molecule has 1 fully saturated rings. The van der Waals surface area contributed by atoms with Crippen LogP contribution in [0.25, 0.3) is 16.9 Å². The largest absolute Gasteiger partial charge is 0.367 e. The molecule has 1 aliphatic rings. The van der Waals surface area contributed by atoms with Crippen molar-refractivity contribution in [2.45, 2.75) is 25.8 Å². The van der Waals surface area contributed by atoms with Gasteiger partial charge in [0.05, 0.1) is 11.1 Å². The number of nitrogens with one attached hydrogen (secondary N) is 1. The highest BCUT2D eigenvalue weighted by molar-refractivity contribution is 6.33. The highest BCUT2D eigenvalue weighted by atomic mass is 35.5. The number of fused-ring (bicyclic) bond motifs is 1. The van der Waals surface area contributed by atoms with Crippen LogP contribution < -0.4 is 5.32 Å². The quantitative estimate of drug-likeness (QED) is 0.706. The van der Waals surface area contributed by atoms with Gasteiger partial charge in [-0.3, -0.25) is 0 Å². The highest BCUT2D eigenvalue weighted by Gasteiger charge is 2.31. The van der Waals surface area contributed by atoms with Gasteiger partial charge in [0.1, 0.15) is 34.7 Å². The summed E-state index contributed by atoms with van der Waals surface area (Å²) in [6, 6.07) is 1.25. The second-order valence-corrected chi connectivity index (χ2v) is 6.47. The minimum atomic E-state index is -1.07. The number of hydrogen-bond donors (Lipinski definition) is 1. The van der Waals surface area contributed by atoms with Gasteiger partial charge in [0.25, 0.3) is 5.78 Å². The first-order valence-electron chi connectivity index (χ1n) is 7.76. The Labute approximate surface area is 145 Å². The van der Waals surface area contributed by atoms with Crippen molar-refractivity contribution >= 4 is 23.2 Å². The Hall–Kier alpha value is -2.35. The van der Waals surface area contributed by atoms with E-state index in [1.54, 1.807) is 0 Å². The Bertz CT molecular complexity index is 947. The first kappa shape index (κ1) is 16.1. The molecule has 25 heavy (non-hydrogen) atoms. The van der Waals surface area contributed by atoms with Gasteiger partial charge in [-0.05, 0) is 25.7 Å². The Morgan fingerprint density at radius 1 is 1.20 bits per heavy atom. The van der Waals surface area contributed by atoms with Crippen LogP contribution in [0.1, 0.15) is 19.8 Å². The fourth-order valence-corrected chi connectivity index (χ4v) is 3.14. The lowest BCUT2D eigenvalue weighted by Gasteiger charge is -2.19. The van der Waals surface area contributed by atoms with Crippen molar-refractivity contribution < 1.29 is 13.2 Å². The van der Waals surface area contributed by atoms with E-state index in [9.17, 15) is 13.2 Å². The molecular formula is C16H13ClF3N5. The molecular weight excluding hydrogens is 355 g/mol. The molecule has 1 N–H and O–H groups in total. The number of halogens is 4. The first-order valence-corrected chi connectivity index (χ1v) is 8.14. The molecule has 9 heteroatoms. The van der Waals surface area contributed by atoms with E-state index >= 15 is 0 Å². The summed E-state index contributed by atoms with van der Waals surface area (Å²) in [5, 5.41) is 7.13. The molecule has 1 aromatic carbocycles. The van der Waals surface area contributed by atoms with Gasteiger partial charge in [-0.25, -0.2) is 13.2 Å². The molecule has 5 nitrogen and oxygen atoms in total. The van der Waals surface area contributed by atoms with E-state index < -0.39 is 23.0 Å². The van der Waals surface area contributed by atoms with Gasteiger partial charge in [-0.2, -0.15) is 19.6 Å². The van der Waals surface area contributed by atoms with Crippen LogP contribution in [0.5, 0.6) is 0 Å². The maximum absolute atomic E-state index is 14.4. The summed E-state index contributed by atoms with van der Waals surface area (Å²) in [6.45, 7) is 1.97. The van der Waals surface area contributed by atoms with Crippen molar-refractivity contribution in [1.29, 1.82) is 0 Å². The van der Waals surface area contributed by atoms with Crippen LogP contribution in [-0.2, 0) is 0 Å². The third kappa shape index (κ3) is 2.80. The van der Waals surface area contributed by atoms with Crippen molar-refractivity contribution in [3.05, 3.63) is 41.1 Å². The zero-order chi connectivity index (χ0) is 17.7. The van der Waals surface area contributed by atoms with Gasteiger partial charge in [0.15, 0.2) is 0 Å². The topological polar surface area (TPSA) is 55.1 Å². The van der Waals surface area contributed by atoms with Gasteiger partial charge in [0.2, 0.25) is 0 Å². The maximum Gasteiger partial charge on any atom is 0.255 e. The van der Waals surface area contributed by atoms with Crippen LogP contribution in [0, 0.1) is 23.4 Å². The normalized spacial score (nSPS) is 15.6. The third-order valence-corrected chi connectivity index (χ3v) is 4.61. The molecule has 0 bridgehead atoms. The van der Waals surface area contributed by atoms with E-state index in [4.69, 9.17) is 11.6 Å². The minimum Gasteiger partial charge on any atom is -0.367 e. The molecule has 1 saturated carbocycles. The van der Waals surface area contributed by atoms with Crippen molar-refractivity contribution in [3.63, 3.8) is 0 Å². The Kier molecular flexibility index (Phi) is 3.79. The summed E-state index contributed by atoms with van der Waals surface area (Å²) in [5.74, 6) is -2.21. The van der Waals surface area contributed by atoms with E-state index in [-0.39, 0.29) is 28.4 Å². The predicted molar refractivity (Wildman–Crippen MR) is 86.9 cm³/mol. The van der Waals surface area contributed by atoms with E-state index in [0.29, 0.717) is 18.1 Å². The summed E-state index contributed by atoms with van der Waals surface area (Å²) in [6.07, 6.45) is 3.41. The van der Waals surface area contributed by atoms with Gasteiger partial charge < -0.3 is 5.32 Å². The summed E-state index contributed by atoms with van der Waals surface area (Å²) in [4.78, 5) is 8.00. The second kappa shape index (κ2) is 5.87. The number of nitrogens with zero attached hydrogens (tertiary/aromatic N) is 4. The predicted octanol–water partition coefficient (Wildman–Crippen LogP) is 4.07. The van der Waals surface area contributed by atoms with Crippen LogP contribution >= 0.6 is 11.6 Å². The standard InChI is InChI=1S/C16H13ClF3N5/c1-7(8-2-3-8)23-15-13(12-10(19)4-9(18)5-11(12)20)14(17)24-16-21-6-22-25(15)16/h4-8,23H,2-3H2,1H3/t7-/m1/s1. The summed E-state index contributed by atoms with van der Waals surface area (Å²) < 4.78 is 43.3. The van der Waals surface area contributed by atoms with Crippen LogP contribution in [0.4, 0.5) is 19.0 Å². The fraction of sp³-hybridized carbons (Fsp3) is 0.312. The molecule has 0 aliphatic heterocycles. The van der Waals surface area contributed by atoms with Gasteiger partial charge >= 0.3 is 0 Å². The summed E-state index contributed by atoms with van der Waals surface area (Å²) >= 11 is 6.20. The molecule has 0 amide bonds. The van der Waals surface area contributed by atoms with Crippen LogP contribution in [0.2, 0.25) is 5.15 Å². The fourth-order valence-electron chi connectivity index (χ4n) is 2.88. The molecule has 3 aromatic rings. The van der Waals surface area contributed by atoms with Crippen molar-refractivity contribution in [3.8, 4) is 11.1 Å². The molecule has 2 aromatic heterocycles.